The van der Waals surface area contributed by atoms with Crippen LogP contribution in [0.3, 0.4) is 0 Å². The van der Waals surface area contributed by atoms with Crippen LogP contribution in [0.5, 0.6) is 0 Å². The molecule has 0 radical (unpaired) electrons. The van der Waals surface area contributed by atoms with Crippen molar-refractivity contribution >= 4 is 11.9 Å². The molecule has 0 spiro atoms. The molecule has 2 saturated carbocycles. The summed E-state index contributed by atoms with van der Waals surface area (Å²) < 4.78 is 0. The summed E-state index contributed by atoms with van der Waals surface area (Å²) in [5.74, 6) is -1.44. The van der Waals surface area contributed by atoms with Crippen LogP contribution >= 0.6 is 0 Å². The molecule has 4 N–H and O–H groups in total. The van der Waals surface area contributed by atoms with Gasteiger partial charge in [-0.05, 0) is 39.8 Å². The number of rotatable bonds is 4. The first-order valence-electron chi connectivity index (χ1n) is 7.27. The highest BCUT2D eigenvalue weighted by molar-refractivity contribution is 5.82. The van der Waals surface area contributed by atoms with E-state index in [0.717, 1.165) is 25.7 Å². The average molecular weight is 290 g/mol. The molecular formula is C14H30N2O4. The molecule has 120 valence electrons. The summed E-state index contributed by atoms with van der Waals surface area (Å²) in [6.07, 6.45) is 3.11. The Hall–Kier alpha value is -1.14. The van der Waals surface area contributed by atoms with E-state index < -0.39 is 23.0 Å². The minimum atomic E-state index is -0.722. The number of likely N-dealkylation sites (N-methyl/N-ethyl adjacent to an activating group) is 2. The molecule has 6 heteroatoms. The summed E-state index contributed by atoms with van der Waals surface area (Å²) in [4.78, 5) is 20.5. The van der Waals surface area contributed by atoms with Crippen molar-refractivity contribution in [2.24, 2.45) is 0 Å². The minimum absolute atomic E-state index is 0.542. The molecule has 6 nitrogen and oxygen atoms in total. The van der Waals surface area contributed by atoms with Crippen LogP contribution in [-0.2, 0) is 9.59 Å². The fourth-order valence-electron chi connectivity index (χ4n) is 1.39. The Labute approximate surface area is 122 Å². The zero-order valence-corrected chi connectivity index (χ0v) is 13.5. The number of hydrogen-bond acceptors (Lipinski definition) is 4. The van der Waals surface area contributed by atoms with E-state index in [1.54, 1.807) is 14.1 Å². The predicted octanol–water partition coefficient (Wildman–Crippen LogP) is 1.70. The lowest BCUT2D eigenvalue weighted by molar-refractivity contribution is -0.141. The van der Waals surface area contributed by atoms with Crippen molar-refractivity contribution in [3.05, 3.63) is 0 Å². The van der Waals surface area contributed by atoms with Crippen molar-refractivity contribution in [1.82, 2.24) is 10.6 Å². The third-order valence-corrected chi connectivity index (χ3v) is 3.28. The number of hydrogen-bond donors (Lipinski definition) is 4. The second-order valence-corrected chi connectivity index (χ2v) is 4.27. The summed E-state index contributed by atoms with van der Waals surface area (Å²) in [5.41, 5.74) is -1.08. The summed E-state index contributed by atoms with van der Waals surface area (Å²) in [6.45, 7) is 8.00. The van der Waals surface area contributed by atoms with Gasteiger partial charge in [0.2, 0.25) is 0 Å². The monoisotopic (exact) mass is 290 g/mol. The van der Waals surface area contributed by atoms with Crippen LogP contribution in [-0.4, -0.2) is 47.3 Å². The summed E-state index contributed by atoms with van der Waals surface area (Å²) in [5, 5.41) is 22.4. The third kappa shape index (κ3) is 5.88. The first-order chi connectivity index (χ1) is 9.42. The van der Waals surface area contributed by atoms with Gasteiger partial charge in [0.25, 0.3) is 0 Å². The largest absolute Gasteiger partial charge is 0.480 e. The van der Waals surface area contributed by atoms with Gasteiger partial charge in [-0.3, -0.25) is 9.59 Å². The highest BCUT2D eigenvalue weighted by Crippen LogP contribution is 2.35. The molecule has 2 fully saturated rings. The molecule has 0 aliphatic heterocycles. The maximum atomic E-state index is 10.3. The van der Waals surface area contributed by atoms with Gasteiger partial charge in [0, 0.05) is 0 Å². The lowest BCUT2D eigenvalue weighted by atomic mass is 10.3. The zero-order chi connectivity index (χ0) is 16.4. The average Bonchev–Trinajstić information content (AvgIpc) is 3.36. The Morgan fingerprint density at radius 3 is 0.950 bits per heavy atom. The molecule has 0 aromatic heterocycles. The maximum Gasteiger partial charge on any atom is 0.323 e. The van der Waals surface area contributed by atoms with Gasteiger partial charge in [0.1, 0.15) is 11.1 Å². The standard InChI is InChI=1S/2C5H9NO2.2C2H6/c2*1-6-5(2-3-5)4(7)8;2*1-2/h2*6H,2-3H2,1H3,(H,7,8);2*1-2H3. The van der Waals surface area contributed by atoms with Gasteiger partial charge in [-0.1, -0.05) is 27.7 Å². The van der Waals surface area contributed by atoms with E-state index in [1.807, 2.05) is 27.7 Å². The number of carboxylic acid groups (broad SMARTS) is 2. The van der Waals surface area contributed by atoms with E-state index in [9.17, 15) is 9.59 Å². The van der Waals surface area contributed by atoms with Crippen LogP contribution in [0.1, 0.15) is 53.4 Å². The van der Waals surface area contributed by atoms with Crippen LogP contribution in [0.15, 0.2) is 0 Å². The molecular weight excluding hydrogens is 260 g/mol. The van der Waals surface area contributed by atoms with Crippen molar-refractivity contribution in [2.45, 2.75) is 64.5 Å². The smallest absolute Gasteiger partial charge is 0.323 e. The Morgan fingerprint density at radius 2 is 0.950 bits per heavy atom. The quantitative estimate of drug-likeness (QED) is 0.629. The molecule has 0 heterocycles. The van der Waals surface area contributed by atoms with Gasteiger partial charge in [-0.15, -0.1) is 0 Å². The molecule has 0 saturated heterocycles. The van der Waals surface area contributed by atoms with Crippen molar-refractivity contribution in [3.63, 3.8) is 0 Å². The summed E-state index contributed by atoms with van der Waals surface area (Å²) in [7, 11) is 3.36. The molecule has 2 rings (SSSR count). The van der Waals surface area contributed by atoms with E-state index in [2.05, 4.69) is 10.6 Å². The van der Waals surface area contributed by atoms with E-state index in [-0.39, 0.29) is 0 Å². The van der Waals surface area contributed by atoms with Gasteiger partial charge < -0.3 is 20.8 Å². The minimum Gasteiger partial charge on any atom is -0.480 e. The van der Waals surface area contributed by atoms with E-state index in [0.29, 0.717) is 0 Å². The Morgan fingerprint density at radius 1 is 0.750 bits per heavy atom. The fraction of sp³-hybridized carbons (Fsp3) is 0.857. The van der Waals surface area contributed by atoms with Gasteiger partial charge in [0.05, 0.1) is 0 Å². The fourth-order valence-corrected chi connectivity index (χ4v) is 1.39. The van der Waals surface area contributed by atoms with Crippen molar-refractivity contribution in [2.75, 3.05) is 14.1 Å². The highest BCUT2D eigenvalue weighted by Gasteiger charge is 2.49. The second-order valence-electron chi connectivity index (χ2n) is 4.27. The molecule has 0 bridgehead atoms. The van der Waals surface area contributed by atoms with Gasteiger partial charge in [-0.25, -0.2) is 0 Å². The molecule has 20 heavy (non-hydrogen) atoms. The van der Waals surface area contributed by atoms with E-state index in [1.165, 1.54) is 0 Å². The van der Waals surface area contributed by atoms with Crippen LogP contribution in [0.25, 0.3) is 0 Å². The molecule has 0 amide bonds. The Balaban J connectivity index is 0. The topological polar surface area (TPSA) is 98.7 Å². The van der Waals surface area contributed by atoms with E-state index >= 15 is 0 Å². The van der Waals surface area contributed by atoms with Crippen molar-refractivity contribution < 1.29 is 19.8 Å². The first kappa shape index (κ1) is 21.2. The maximum absolute atomic E-state index is 10.3. The molecule has 0 aromatic rings. The van der Waals surface area contributed by atoms with Gasteiger partial charge in [-0.2, -0.15) is 0 Å². The van der Waals surface area contributed by atoms with Crippen molar-refractivity contribution in [3.8, 4) is 0 Å². The molecule has 0 unspecified atom stereocenters. The van der Waals surface area contributed by atoms with Crippen molar-refractivity contribution in [1.29, 1.82) is 0 Å². The molecule has 2 aliphatic rings. The number of carbonyl (C=O) groups is 2. The first-order valence-corrected chi connectivity index (χ1v) is 7.27. The highest BCUT2D eigenvalue weighted by atomic mass is 16.4. The lowest BCUT2D eigenvalue weighted by Crippen LogP contribution is -2.35. The molecule has 2 aliphatic carbocycles. The van der Waals surface area contributed by atoms with Crippen LogP contribution in [0.4, 0.5) is 0 Å². The zero-order valence-electron chi connectivity index (χ0n) is 13.5. The SMILES string of the molecule is CC.CC.CNC1(C(=O)O)CC1.CNC1(C(=O)O)CC1. The Kier molecular flexibility index (Phi) is 10.3. The lowest BCUT2D eigenvalue weighted by Gasteiger charge is -2.04. The summed E-state index contributed by atoms with van der Waals surface area (Å²) >= 11 is 0. The van der Waals surface area contributed by atoms with Gasteiger partial charge >= 0.3 is 11.9 Å². The molecule has 0 aromatic carbocycles. The normalized spacial score (nSPS) is 18.7. The van der Waals surface area contributed by atoms with Crippen LogP contribution in [0, 0.1) is 0 Å². The summed E-state index contributed by atoms with van der Waals surface area (Å²) in [6, 6.07) is 0. The van der Waals surface area contributed by atoms with E-state index in [4.69, 9.17) is 10.2 Å². The predicted molar refractivity (Wildman–Crippen MR) is 80.0 cm³/mol. The molecule has 0 atom stereocenters. The van der Waals surface area contributed by atoms with Crippen LogP contribution < -0.4 is 10.6 Å². The third-order valence-electron chi connectivity index (χ3n) is 3.28. The number of carboxylic acids is 2. The van der Waals surface area contributed by atoms with Gasteiger partial charge in [0.15, 0.2) is 0 Å². The second kappa shape index (κ2) is 9.72. The number of nitrogens with one attached hydrogen (secondary N) is 2. The number of aliphatic carboxylic acids is 2. The van der Waals surface area contributed by atoms with Crippen LogP contribution in [0.2, 0.25) is 0 Å². The Bertz CT molecular complexity index is 268.